The van der Waals surface area contributed by atoms with Gasteiger partial charge in [-0.3, -0.25) is 4.90 Å². The van der Waals surface area contributed by atoms with Gasteiger partial charge in [0.2, 0.25) is 0 Å². The molecule has 23 heavy (non-hydrogen) atoms. The van der Waals surface area contributed by atoms with E-state index >= 15 is 0 Å². The van der Waals surface area contributed by atoms with Crippen molar-refractivity contribution in [1.29, 1.82) is 0 Å². The van der Waals surface area contributed by atoms with Crippen molar-refractivity contribution in [2.24, 2.45) is 0 Å². The van der Waals surface area contributed by atoms with E-state index in [1.807, 2.05) is 27.7 Å². The van der Waals surface area contributed by atoms with E-state index in [-0.39, 0.29) is 11.2 Å². The van der Waals surface area contributed by atoms with E-state index in [0.29, 0.717) is 6.04 Å². The average molecular weight is 320 g/mol. The third kappa shape index (κ3) is 3.24. The zero-order valence-electron chi connectivity index (χ0n) is 14.8. The molecule has 2 aliphatic rings. The van der Waals surface area contributed by atoms with Crippen LogP contribution in [0.5, 0.6) is 0 Å². The van der Waals surface area contributed by atoms with Gasteiger partial charge in [0.1, 0.15) is 11.2 Å². The van der Waals surface area contributed by atoms with Crippen LogP contribution in [0, 0.1) is 0 Å². The van der Waals surface area contributed by atoms with Gasteiger partial charge in [0.15, 0.2) is 0 Å². The van der Waals surface area contributed by atoms with E-state index < -0.39 is 0 Å². The topological polar surface area (TPSA) is 34.2 Å². The van der Waals surface area contributed by atoms with Crippen molar-refractivity contribution in [2.75, 3.05) is 31.5 Å². The van der Waals surface area contributed by atoms with Crippen LogP contribution in [-0.4, -0.2) is 42.4 Å². The first-order valence-corrected chi connectivity index (χ1v) is 8.40. The number of morpholine rings is 1. The van der Waals surface area contributed by atoms with E-state index in [0.717, 1.165) is 32.0 Å². The van der Waals surface area contributed by atoms with Gasteiger partial charge in [-0.05, 0) is 52.3 Å². The van der Waals surface area contributed by atoms with Crippen LogP contribution < -0.4 is 5.23 Å². The van der Waals surface area contributed by atoms with Gasteiger partial charge in [-0.1, -0.05) is 12.1 Å². The zero-order chi connectivity index (χ0) is 16.7. The molecular weight excluding hydrogens is 292 g/mol. The van der Waals surface area contributed by atoms with Crippen LogP contribution >= 0.6 is 0 Å². The van der Waals surface area contributed by atoms with Crippen molar-refractivity contribution in [3.8, 4) is 0 Å². The summed E-state index contributed by atoms with van der Waals surface area (Å²) in [4.78, 5) is 14.4. The van der Waals surface area contributed by atoms with E-state index in [1.54, 1.807) is 5.23 Å². The maximum Gasteiger partial charge on any atom is 0.124 e. The highest BCUT2D eigenvalue weighted by atomic mass is 17.0. The quantitative estimate of drug-likeness (QED) is 0.853. The molecule has 0 aromatic heterocycles. The summed E-state index contributed by atoms with van der Waals surface area (Å²) in [6.07, 6.45) is 0. The fourth-order valence-corrected chi connectivity index (χ4v) is 2.81. The molecule has 2 fully saturated rings. The second kappa shape index (κ2) is 6.06. The summed E-state index contributed by atoms with van der Waals surface area (Å²) < 4.78 is 5.43. The Bertz CT molecular complexity index is 520. The lowest BCUT2D eigenvalue weighted by molar-refractivity contribution is -0.0273. The van der Waals surface area contributed by atoms with Crippen LogP contribution in [0.25, 0.3) is 0 Å². The third-order valence-electron chi connectivity index (χ3n) is 5.25. The second-order valence-electron chi connectivity index (χ2n) is 7.38. The first-order chi connectivity index (χ1) is 10.8. The second-order valence-corrected chi connectivity index (χ2v) is 7.38. The molecule has 0 aliphatic carbocycles. The zero-order valence-corrected chi connectivity index (χ0v) is 14.8. The minimum Gasteiger partial charge on any atom is -0.379 e. The number of hydrogen-bond donors (Lipinski definition) is 0. The van der Waals surface area contributed by atoms with Crippen molar-refractivity contribution >= 4 is 5.69 Å². The smallest absolute Gasteiger partial charge is 0.124 e. The van der Waals surface area contributed by atoms with Gasteiger partial charge in [-0.15, -0.1) is 5.23 Å². The molecule has 5 heteroatoms. The molecule has 0 amide bonds. The number of rotatable bonds is 3. The molecule has 1 aromatic carbocycles. The first kappa shape index (κ1) is 16.7. The Morgan fingerprint density at radius 1 is 0.913 bits per heavy atom. The molecule has 2 saturated heterocycles. The summed E-state index contributed by atoms with van der Waals surface area (Å²) in [5.41, 5.74) is 1.48. The molecule has 0 spiro atoms. The lowest BCUT2D eigenvalue weighted by Crippen LogP contribution is -2.41. The molecule has 1 aromatic rings. The molecule has 0 radical (unpaired) electrons. The summed E-state index contributed by atoms with van der Waals surface area (Å²) in [7, 11) is 0. The normalized spacial score (nSPS) is 25.5. The molecule has 128 valence electrons. The van der Waals surface area contributed by atoms with Crippen LogP contribution in [0.1, 0.15) is 46.2 Å². The fourth-order valence-electron chi connectivity index (χ4n) is 2.81. The predicted molar refractivity (Wildman–Crippen MR) is 90.1 cm³/mol. The van der Waals surface area contributed by atoms with Gasteiger partial charge in [0.05, 0.1) is 18.9 Å². The lowest BCUT2D eigenvalue weighted by atomic mass is 9.90. The summed E-state index contributed by atoms with van der Waals surface area (Å²) >= 11 is 0. The standard InChI is InChI=1S/C18H28N2O3/c1-14(19-10-12-21-13-11-19)15-6-8-16(9-7-15)20-22-17(2,3)18(4,5)23-20/h6-9,14H,10-13H2,1-5H3. The molecule has 2 aliphatic heterocycles. The van der Waals surface area contributed by atoms with Crippen molar-refractivity contribution < 1.29 is 14.4 Å². The van der Waals surface area contributed by atoms with Gasteiger partial charge < -0.3 is 4.74 Å². The van der Waals surface area contributed by atoms with Crippen molar-refractivity contribution in [2.45, 2.75) is 51.9 Å². The van der Waals surface area contributed by atoms with Gasteiger partial charge in [-0.2, -0.15) is 0 Å². The molecule has 0 saturated carbocycles. The van der Waals surface area contributed by atoms with Gasteiger partial charge in [-0.25, -0.2) is 9.68 Å². The summed E-state index contributed by atoms with van der Waals surface area (Å²) in [6, 6.07) is 8.82. The maximum absolute atomic E-state index is 5.95. The van der Waals surface area contributed by atoms with E-state index in [2.05, 4.69) is 36.1 Å². The summed E-state index contributed by atoms with van der Waals surface area (Å²) in [6.45, 7) is 14.0. The summed E-state index contributed by atoms with van der Waals surface area (Å²) in [5, 5.41) is 1.54. The highest BCUT2D eigenvalue weighted by molar-refractivity contribution is 5.44. The highest BCUT2D eigenvalue weighted by Gasteiger charge is 2.50. The van der Waals surface area contributed by atoms with Crippen LogP contribution in [-0.2, 0) is 14.4 Å². The molecule has 0 bridgehead atoms. The van der Waals surface area contributed by atoms with E-state index in [4.69, 9.17) is 14.4 Å². The van der Waals surface area contributed by atoms with Crippen molar-refractivity contribution in [1.82, 2.24) is 4.90 Å². The minimum atomic E-state index is -0.368. The van der Waals surface area contributed by atoms with Crippen LogP contribution in [0.15, 0.2) is 24.3 Å². The van der Waals surface area contributed by atoms with Crippen molar-refractivity contribution in [3.63, 3.8) is 0 Å². The SMILES string of the molecule is CC(c1ccc(N2OC(C)(C)C(C)(C)O2)cc1)N1CCOCC1. The van der Waals surface area contributed by atoms with Crippen molar-refractivity contribution in [3.05, 3.63) is 29.8 Å². The van der Waals surface area contributed by atoms with Gasteiger partial charge >= 0.3 is 0 Å². The average Bonchev–Trinajstić information content (AvgIpc) is 2.76. The Kier molecular flexibility index (Phi) is 4.40. The molecule has 1 unspecified atom stereocenters. The number of nitrogens with zero attached hydrogens (tertiary/aromatic N) is 2. The van der Waals surface area contributed by atoms with E-state index in [1.165, 1.54) is 5.56 Å². The molecule has 3 rings (SSSR count). The Hall–Kier alpha value is -1.14. The molecule has 1 atom stereocenters. The van der Waals surface area contributed by atoms with Gasteiger partial charge in [0.25, 0.3) is 0 Å². The maximum atomic E-state index is 5.95. The number of benzene rings is 1. The minimum absolute atomic E-state index is 0.368. The Balaban J connectivity index is 1.70. The van der Waals surface area contributed by atoms with Gasteiger partial charge in [0, 0.05) is 19.1 Å². The predicted octanol–water partition coefficient (Wildman–Crippen LogP) is 3.32. The Morgan fingerprint density at radius 2 is 1.43 bits per heavy atom. The molecule has 2 heterocycles. The fraction of sp³-hybridized carbons (Fsp3) is 0.667. The lowest BCUT2D eigenvalue weighted by Gasteiger charge is -2.32. The Labute approximate surface area is 139 Å². The first-order valence-electron chi connectivity index (χ1n) is 8.40. The monoisotopic (exact) mass is 320 g/mol. The van der Waals surface area contributed by atoms with Crippen LogP contribution in [0.2, 0.25) is 0 Å². The third-order valence-corrected chi connectivity index (χ3v) is 5.25. The number of anilines is 1. The van der Waals surface area contributed by atoms with Crippen LogP contribution in [0.3, 0.4) is 0 Å². The number of ether oxygens (including phenoxy) is 1. The molecular formula is C18H28N2O3. The largest absolute Gasteiger partial charge is 0.379 e. The molecule has 0 N–H and O–H groups in total. The van der Waals surface area contributed by atoms with E-state index in [9.17, 15) is 0 Å². The Morgan fingerprint density at radius 3 is 1.96 bits per heavy atom. The number of hydrogen-bond acceptors (Lipinski definition) is 5. The van der Waals surface area contributed by atoms with Crippen LogP contribution in [0.4, 0.5) is 5.69 Å². The summed E-state index contributed by atoms with van der Waals surface area (Å²) in [5.74, 6) is 0. The molecule has 5 nitrogen and oxygen atoms in total. The highest BCUT2D eigenvalue weighted by Crippen LogP contribution is 2.40.